The number of aryl methyl sites for hydroxylation is 1. The number of hydrogen-bond acceptors (Lipinski definition) is 1. The Hall–Kier alpha value is -1.02. The van der Waals surface area contributed by atoms with Crippen molar-refractivity contribution in [3.05, 3.63) is 34.9 Å². The first-order chi connectivity index (χ1) is 8.72. The molecule has 0 atom stereocenters. The molecule has 100 valence electrons. The van der Waals surface area contributed by atoms with Crippen LogP contribution in [0.5, 0.6) is 0 Å². The van der Waals surface area contributed by atoms with E-state index in [9.17, 15) is 4.79 Å². The van der Waals surface area contributed by atoms with Crippen LogP contribution in [0, 0.1) is 0 Å². The van der Waals surface area contributed by atoms with Crippen LogP contribution in [-0.4, -0.2) is 12.5 Å². The molecule has 18 heavy (non-hydrogen) atoms. The monoisotopic (exact) mass is 267 g/mol. The zero-order chi connectivity index (χ0) is 13.4. The molecular weight excluding hydrogens is 246 g/mol. The number of alkyl halides is 1. The van der Waals surface area contributed by atoms with E-state index in [0.29, 0.717) is 11.4 Å². The standard InChI is InChI=1S/C15H22ClNO/c1-3-5-9-17-15(18)13-8-7-12(6-4-2)14(10-13)11-16/h7-8,10H,3-6,9,11H2,1-2H3,(H,17,18). The topological polar surface area (TPSA) is 29.1 Å². The minimum atomic E-state index is -0.00198. The maximum atomic E-state index is 11.9. The van der Waals surface area contributed by atoms with Gasteiger partial charge in [0.15, 0.2) is 0 Å². The van der Waals surface area contributed by atoms with Crippen molar-refractivity contribution < 1.29 is 4.79 Å². The van der Waals surface area contributed by atoms with Gasteiger partial charge >= 0.3 is 0 Å². The van der Waals surface area contributed by atoms with Gasteiger partial charge in [-0.15, -0.1) is 11.6 Å². The summed E-state index contributed by atoms with van der Waals surface area (Å²) in [5.41, 5.74) is 3.03. The average molecular weight is 268 g/mol. The fraction of sp³-hybridized carbons (Fsp3) is 0.533. The highest BCUT2D eigenvalue weighted by Gasteiger charge is 2.08. The van der Waals surface area contributed by atoms with Crippen LogP contribution in [0.1, 0.15) is 54.6 Å². The van der Waals surface area contributed by atoms with Gasteiger partial charge in [0.25, 0.3) is 5.91 Å². The molecule has 0 aliphatic carbocycles. The number of carbonyl (C=O) groups excluding carboxylic acids is 1. The molecule has 0 aliphatic rings. The van der Waals surface area contributed by atoms with E-state index in [1.165, 1.54) is 5.56 Å². The molecule has 1 rings (SSSR count). The summed E-state index contributed by atoms with van der Waals surface area (Å²) in [4.78, 5) is 11.9. The van der Waals surface area contributed by atoms with Crippen molar-refractivity contribution in [2.45, 2.75) is 45.4 Å². The molecule has 0 aromatic heterocycles. The van der Waals surface area contributed by atoms with Gasteiger partial charge in [-0.05, 0) is 36.1 Å². The molecule has 0 saturated carbocycles. The molecule has 0 saturated heterocycles. The van der Waals surface area contributed by atoms with E-state index in [1.54, 1.807) is 0 Å². The highest BCUT2D eigenvalue weighted by atomic mass is 35.5. The number of halogens is 1. The minimum absolute atomic E-state index is 0.00198. The Morgan fingerprint density at radius 1 is 1.22 bits per heavy atom. The van der Waals surface area contributed by atoms with Gasteiger partial charge in [0.2, 0.25) is 0 Å². The van der Waals surface area contributed by atoms with Crippen LogP contribution in [0.3, 0.4) is 0 Å². The van der Waals surface area contributed by atoms with E-state index in [0.717, 1.165) is 37.8 Å². The van der Waals surface area contributed by atoms with Crippen molar-refractivity contribution in [1.29, 1.82) is 0 Å². The summed E-state index contributed by atoms with van der Waals surface area (Å²) in [6, 6.07) is 5.83. The zero-order valence-electron chi connectivity index (χ0n) is 11.3. The number of amides is 1. The highest BCUT2D eigenvalue weighted by molar-refractivity contribution is 6.17. The number of nitrogens with one attached hydrogen (secondary N) is 1. The van der Waals surface area contributed by atoms with Gasteiger partial charge in [-0.25, -0.2) is 0 Å². The van der Waals surface area contributed by atoms with Crippen LogP contribution in [0.25, 0.3) is 0 Å². The lowest BCUT2D eigenvalue weighted by atomic mass is 10.0. The van der Waals surface area contributed by atoms with Gasteiger partial charge < -0.3 is 5.32 Å². The fourth-order valence-electron chi connectivity index (χ4n) is 1.89. The van der Waals surface area contributed by atoms with E-state index in [2.05, 4.69) is 19.2 Å². The van der Waals surface area contributed by atoms with Gasteiger partial charge in [-0.2, -0.15) is 0 Å². The number of carbonyl (C=O) groups is 1. The average Bonchev–Trinajstić information content (AvgIpc) is 2.39. The van der Waals surface area contributed by atoms with Gasteiger partial charge in [-0.1, -0.05) is 32.8 Å². The Morgan fingerprint density at radius 3 is 2.61 bits per heavy atom. The molecule has 0 spiro atoms. The summed E-state index contributed by atoms with van der Waals surface area (Å²) in [5, 5.41) is 2.92. The van der Waals surface area contributed by atoms with Crippen molar-refractivity contribution in [3.63, 3.8) is 0 Å². The fourth-order valence-corrected chi connectivity index (χ4v) is 2.13. The quantitative estimate of drug-likeness (QED) is 0.589. The third kappa shape index (κ3) is 4.34. The third-order valence-electron chi connectivity index (χ3n) is 2.95. The summed E-state index contributed by atoms with van der Waals surface area (Å²) in [5.74, 6) is 0.462. The van der Waals surface area contributed by atoms with E-state index in [4.69, 9.17) is 11.6 Å². The maximum absolute atomic E-state index is 11.9. The second-order valence-electron chi connectivity index (χ2n) is 4.48. The molecule has 0 aliphatic heterocycles. The van der Waals surface area contributed by atoms with Gasteiger partial charge in [0, 0.05) is 18.0 Å². The summed E-state index contributed by atoms with van der Waals surface area (Å²) in [6.45, 7) is 4.99. The highest BCUT2D eigenvalue weighted by Crippen LogP contribution is 2.16. The van der Waals surface area contributed by atoms with E-state index >= 15 is 0 Å². The van der Waals surface area contributed by atoms with Crippen molar-refractivity contribution in [2.75, 3.05) is 6.54 Å². The van der Waals surface area contributed by atoms with E-state index < -0.39 is 0 Å². The molecule has 0 fully saturated rings. The van der Waals surface area contributed by atoms with E-state index in [1.807, 2.05) is 18.2 Å². The van der Waals surface area contributed by atoms with Crippen LogP contribution in [0.2, 0.25) is 0 Å². The number of benzene rings is 1. The second kappa shape index (κ2) is 8.15. The Kier molecular flexibility index (Phi) is 6.81. The molecule has 0 bridgehead atoms. The Bertz CT molecular complexity index is 390. The number of rotatable bonds is 7. The predicted molar refractivity (Wildman–Crippen MR) is 77.2 cm³/mol. The summed E-state index contributed by atoms with van der Waals surface area (Å²) in [7, 11) is 0. The predicted octanol–water partition coefficient (Wildman–Crippen LogP) is 3.91. The Balaban J connectivity index is 2.74. The molecule has 1 N–H and O–H groups in total. The minimum Gasteiger partial charge on any atom is -0.352 e. The molecule has 0 radical (unpaired) electrons. The summed E-state index contributed by atoms with van der Waals surface area (Å²) in [6.07, 6.45) is 4.20. The smallest absolute Gasteiger partial charge is 0.251 e. The van der Waals surface area contributed by atoms with Crippen LogP contribution in [0.15, 0.2) is 18.2 Å². The molecular formula is C15H22ClNO. The zero-order valence-corrected chi connectivity index (χ0v) is 12.0. The molecule has 2 nitrogen and oxygen atoms in total. The lowest BCUT2D eigenvalue weighted by Crippen LogP contribution is -2.24. The van der Waals surface area contributed by atoms with Crippen LogP contribution < -0.4 is 5.32 Å². The number of unbranched alkanes of at least 4 members (excludes halogenated alkanes) is 1. The first kappa shape index (κ1) is 15.0. The van der Waals surface area contributed by atoms with Crippen molar-refractivity contribution in [3.8, 4) is 0 Å². The van der Waals surface area contributed by atoms with Crippen LogP contribution in [-0.2, 0) is 12.3 Å². The lowest BCUT2D eigenvalue weighted by Gasteiger charge is -2.09. The molecule has 3 heteroatoms. The number of hydrogen-bond donors (Lipinski definition) is 1. The largest absolute Gasteiger partial charge is 0.352 e. The summed E-state index contributed by atoms with van der Waals surface area (Å²) < 4.78 is 0. The molecule has 0 heterocycles. The molecule has 0 unspecified atom stereocenters. The van der Waals surface area contributed by atoms with Gasteiger partial charge in [-0.3, -0.25) is 4.79 Å². The first-order valence-corrected chi connectivity index (χ1v) is 7.22. The Morgan fingerprint density at radius 2 is 2.00 bits per heavy atom. The molecule has 1 amide bonds. The van der Waals surface area contributed by atoms with Gasteiger partial charge in [0.05, 0.1) is 0 Å². The van der Waals surface area contributed by atoms with Crippen molar-refractivity contribution >= 4 is 17.5 Å². The molecule has 1 aromatic carbocycles. The maximum Gasteiger partial charge on any atom is 0.251 e. The lowest BCUT2D eigenvalue weighted by molar-refractivity contribution is 0.0953. The second-order valence-corrected chi connectivity index (χ2v) is 4.74. The first-order valence-electron chi connectivity index (χ1n) is 6.68. The van der Waals surface area contributed by atoms with Crippen LogP contribution >= 0.6 is 11.6 Å². The van der Waals surface area contributed by atoms with Gasteiger partial charge in [0.1, 0.15) is 0 Å². The van der Waals surface area contributed by atoms with Crippen molar-refractivity contribution in [2.24, 2.45) is 0 Å². The van der Waals surface area contributed by atoms with E-state index in [-0.39, 0.29) is 5.91 Å². The normalized spacial score (nSPS) is 10.4. The van der Waals surface area contributed by atoms with Crippen molar-refractivity contribution in [1.82, 2.24) is 5.32 Å². The third-order valence-corrected chi connectivity index (χ3v) is 3.24. The SMILES string of the molecule is CCCCNC(=O)c1ccc(CCC)c(CCl)c1. The molecule has 1 aromatic rings. The van der Waals surface area contributed by atoms with Crippen LogP contribution in [0.4, 0.5) is 0 Å². The summed E-state index contributed by atoms with van der Waals surface area (Å²) >= 11 is 5.94. The Labute approximate surface area is 115 Å².